The highest BCUT2D eigenvalue weighted by atomic mass is 32.2. The molecular weight excluding hydrogens is 350 g/mol. The molecule has 1 unspecified atom stereocenters. The number of fused-ring (bicyclic) bond motifs is 1. The van der Waals surface area contributed by atoms with Gasteiger partial charge >= 0.3 is 0 Å². The Morgan fingerprint density at radius 1 is 1.40 bits per heavy atom. The fourth-order valence-electron chi connectivity index (χ4n) is 2.27. The van der Waals surface area contributed by atoms with E-state index in [-0.39, 0.29) is 28.1 Å². The number of aryl methyl sites for hydroxylation is 1. The molecule has 1 atom stereocenters. The first-order valence-corrected chi connectivity index (χ1v) is 8.89. The second-order valence-corrected chi connectivity index (χ2v) is 7.03. The maximum atomic E-state index is 12.4. The molecular formula is C15H15N3O6S. The number of amides is 2. The van der Waals surface area contributed by atoms with Crippen molar-refractivity contribution in [2.45, 2.75) is 31.3 Å². The van der Waals surface area contributed by atoms with Gasteiger partial charge in [-0.15, -0.1) is 0 Å². The van der Waals surface area contributed by atoms with E-state index in [1.54, 1.807) is 6.92 Å². The van der Waals surface area contributed by atoms with Crippen LogP contribution in [0, 0.1) is 6.92 Å². The summed E-state index contributed by atoms with van der Waals surface area (Å²) in [6, 6.07) is 3.94. The number of ether oxygens (including phenoxy) is 1. The second kappa shape index (κ2) is 6.20. The molecule has 2 aromatic rings. The minimum Gasteiger partial charge on any atom is -0.478 e. The van der Waals surface area contributed by atoms with Crippen LogP contribution in [0.5, 0.6) is 5.75 Å². The van der Waals surface area contributed by atoms with E-state index in [4.69, 9.17) is 9.15 Å². The summed E-state index contributed by atoms with van der Waals surface area (Å²) in [5.41, 5.74) is 0.0729. The fourth-order valence-corrected chi connectivity index (χ4v) is 3.25. The average molecular weight is 365 g/mol. The summed E-state index contributed by atoms with van der Waals surface area (Å²) in [7, 11) is -4.16. The molecule has 10 heteroatoms. The molecule has 3 rings (SSSR count). The Morgan fingerprint density at radius 2 is 2.16 bits per heavy atom. The van der Waals surface area contributed by atoms with E-state index in [1.165, 1.54) is 25.1 Å². The van der Waals surface area contributed by atoms with E-state index < -0.39 is 22.0 Å². The van der Waals surface area contributed by atoms with Crippen molar-refractivity contribution in [3.8, 4) is 5.75 Å². The number of oxazole rings is 1. The summed E-state index contributed by atoms with van der Waals surface area (Å²) in [5, 5.41) is 2.59. The smallest absolute Gasteiger partial charge is 0.286 e. The highest BCUT2D eigenvalue weighted by Gasteiger charge is 2.28. The molecule has 1 aromatic carbocycles. The Morgan fingerprint density at radius 3 is 2.80 bits per heavy atom. The van der Waals surface area contributed by atoms with Gasteiger partial charge in [-0.2, -0.15) is 0 Å². The molecule has 1 aliphatic heterocycles. The molecule has 25 heavy (non-hydrogen) atoms. The van der Waals surface area contributed by atoms with Gasteiger partial charge in [-0.1, -0.05) is 6.92 Å². The fraction of sp³-hybridized carbons (Fsp3) is 0.267. The van der Waals surface area contributed by atoms with Crippen LogP contribution in [-0.4, -0.2) is 31.3 Å². The van der Waals surface area contributed by atoms with Crippen molar-refractivity contribution in [1.82, 2.24) is 9.71 Å². The lowest BCUT2D eigenvalue weighted by Gasteiger charge is -2.25. The molecule has 2 heterocycles. The predicted molar refractivity (Wildman–Crippen MR) is 85.7 cm³/mol. The Kier molecular flexibility index (Phi) is 4.21. The van der Waals surface area contributed by atoms with Gasteiger partial charge in [0.2, 0.25) is 0 Å². The summed E-state index contributed by atoms with van der Waals surface area (Å²) in [6.45, 7) is 3.33. The predicted octanol–water partition coefficient (Wildman–Crippen LogP) is 1.21. The number of carbonyl (C=O) groups excluding carboxylic acids is 2. The summed E-state index contributed by atoms with van der Waals surface area (Å²) in [5.74, 6) is -0.668. The van der Waals surface area contributed by atoms with E-state index >= 15 is 0 Å². The molecule has 0 bridgehead atoms. The Balaban J connectivity index is 1.85. The van der Waals surface area contributed by atoms with Crippen molar-refractivity contribution in [2.24, 2.45) is 0 Å². The monoisotopic (exact) mass is 365 g/mol. The number of rotatable bonds is 4. The van der Waals surface area contributed by atoms with E-state index in [0.29, 0.717) is 12.2 Å². The average Bonchev–Trinajstić information content (AvgIpc) is 3.00. The first-order chi connectivity index (χ1) is 11.8. The van der Waals surface area contributed by atoms with Crippen molar-refractivity contribution >= 4 is 27.5 Å². The van der Waals surface area contributed by atoms with Crippen molar-refractivity contribution in [3.05, 3.63) is 36.0 Å². The lowest BCUT2D eigenvalue weighted by molar-refractivity contribution is -0.123. The highest BCUT2D eigenvalue weighted by Crippen LogP contribution is 2.32. The molecule has 2 N–H and O–H groups in total. The number of hydrogen-bond donors (Lipinski definition) is 2. The summed E-state index contributed by atoms with van der Waals surface area (Å²) in [4.78, 5) is 27.4. The van der Waals surface area contributed by atoms with Crippen LogP contribution >= 0.6 is 0 Å². The van der Waals surface area contributed by atoms with Crippen LogP contribution in [0.1, 0.15) is 29.7 Å². The number of hydrogen-bond acceptors (Lipinski definition) is 7. The van der Waals surface area contributed by atoms with E-state index in [0.717, 1.165) is 6.26 Å². The van der Waals surface area contributed by atoms with Crippen molar-refractivity contribution in [1.29, 1.82) is 0 Å². The molecule has 0 spiro atoms. The zero-order valence-corrected chi connectivity index (χ0v) is 14.2. The molecule has 1 aliphatic rings. The number of nitrogens with one attached hydrogen (secondary N) is 2. The zero-order chi connectivity index (χ0) is 18.2. The summed E-state index contributed by atoms with van der Waals surface area (Å²) in [6.07, 6.45) is 0.926. The maximum absolute atomic E-state index is 12.4. The van der Waals surface area contributed by atoms with Crippen molar-refractivity contribution < 1.29 is 27.2 Å². The molecule has 2 amide bonds. The number of sulfonamides is 1. The largest absolute Gasteiger partial charge is 0.478 e. The topological polar surface area (TPSA) is 128 Å². The minimum absolute atomic E-state index is 0.151. The van der Waals surface area contributed by atoms with Crippen LogP contribution in [0.3, 0.4) is 0 Å². The molecule has 0 radical (unpaired) electrons. The molecule has 0 saturated heterocycles. The molecule has 0 aliphatic carbocycles. The molecule has 9 nitrogen and oxygen atoms in total. The SMILES string of the molecule is CCC1Oc2ccc(S(=O)(=O)NC(=O)c3coc(C)n3)cc2NC1=O. The summed E-state index contributed by atoms with van der Waals surface area (Å²) >= 11 is 0. The number of aromatic nitrogens is 1. The molecule has 1 aromatic heterocycles. The Labute approximate surface area is 143 Å². The number of nitrogens with zero attached hydrogens (tertiary/aromatic N) is 1. The molecule has 0 fully saturated rings. The number of anilines is 1. The normalized spacial score (nSPS) is 16.6. The number of benzene rings is 1. The zero-order valence-electron chi connectivity index (χ0n) is 13.4. The van der Waals surface area contributed by atoms with E-state index in [1.807, 2.05) is 4.72 Å². The second-order valence-electron chi connectivity index (χ2n) is 5.35. The summed E-state index contributed by atoms with van der Waals surface area (Å²) < 4.78 is 37.0. The standard InChI is InChI=1S/C15H15N3O6S/c1-3-12-15(20)17-10-6-9(4-5-13(10)24-12)25(21,22)18-14(19)11-7-23-8(2)16-11/h4-7,12H,3H2,1-2H3,(H,17,20)(H,18,19). The van der Waals surface area contributed by atoms with Crippen LogP contribution < -0.4 is 14.8 Å². The van der Waals surface area contributed by atoms with Gasteiger partial charge in [0.05, 0.1) is 10.6 Å². The van der Waals surface area contributed by atoms with Gasteiger partial charge in [-0.25, -0.2) is 18.1 Å². The van der Waals surface area contributed by atoms with Crippen LogP contribution in [0.4, 0.5) is 5.69 Å². The van der Waals surface area contributed by atoms with Gasteiger partial charge in [-0.3, -0.25) is 9.59 Å². The highest BCUT2D eigenvalue weighted by molar-refractivity contribution is 7.90. The van der Waals surface area contributed by atoms with Crippen molar-refractivity contribution in [3.63, 3.8) is 0 Å². The van der Waals surface area contributed by atoms with Gasteiger partial charge in [0.15, 0.2) is 17.7 Å². The van der Waals surface area contributed by atoms with Crippen LogP contribution in [-0.2, 0) is 14.8 Å². The quantitative estimate of drug-likeness (QED) is 0.833. The lowest BCUT2D eigenvalue weighted by Crippen LogP contribution is -2.36. The van der Waals surface area contributed by atoms with Crippen molar-refractivity contribution in [2.75, 3.05) is 5.32 Å². The third kappa shape index (κ3) is 3.33. The molecule has 132 valence electrons. The van der Waals surface area contributed by atoms with Crippen LogP contribution in [0.15, 0.2) is 33.8 Å². The van der Waals surface area contributed by atoms with Gasteiger partial charge < -0.3 is 14.5 Å². The number of carbonyl (C=O) groups is 2. The van der Waals surface area contributed by atoms with Gasteiger partial charge in [0, 0.05) is 6.92 Å². The first-order valence-electron chi connectivity index (χ1n) is 7.41. The third-order valence-corrected chi connectivity index (χ3v) is 4.86. The maximum Gasteiger partial charge on any atom is 0.286 e. The molecule has 0 saturated carbocycles. The minimum atomic E-state index is -4.16. The van der Waals surface area contributed by atoms with Crippen LogP contribution in [0.25, 0.3) is 0 Å². The van der Waals surface area contributed by atoms with Gasteiger partial charge in [0.25, 0.3) is 21.8 Å². The van der Waals surface area contributed by atoms with Gasteiger partial charge in [-0.05, 0) is 24.6 Å². The first kappa shape index (κ1) is 17.0. The lowest BCUT2D eigenvalue weighted by atomic mass is 10.2. The van der Waals surface area contributed by atoms with Crippen LogP contribution in [0.2, 0.25) is 0 Å². The van der Waals surface area contributed by atoms with Gasteiger partial charge in [0.1, 0.15) is 12.0 Å². The van der Waals surface area contributed by atoms with E-state index in [9.17, 15) is 18.0 Å². The third-order valence-electron chi connectivity index (χ3n) is 3.53. The Hall–Kier alpha value is -2.88. The van der Waals surface area contributed by atoms with E-state index in [2.05, 4.69) is 10.3 Å². The Bertz CT molecular complexity index is 950.